The number of nitrogens with one attached hydrogen (secondary N) is 1. The van der Waals surface area contributed by atoms with Gasteiger partial charge in [0.2, 0.25) is 0 Å². The second-order valence-electron chi connectivity index (χ2n) is 5.86. The summed E-state index contributed by atoms with van der Waals surface area (Å²) in [7, 11) is 0. The van der Waals surface area contributed by atoms with Crippen LogP contribution in [-0.2, 0) is 9.53 Å². The van der Waals surface area contributed by atoms with Crippen LogP contribution in [0.15, 0.2) is 78.9 Å². The molecule has 3 aromatic rings. The lowest BCUT2D eigenvalue weighted by atomic mass is 10.3. The van der Waals surface area contributed by atoms with E-state index in [9.17, 15) is 9.59 Å². The molecule has 0 radical (unpaired) electrons. The van der Waals surface area contributed by atoms with E-state index >= 15 is 0 Å². The lowest BCUT2D eigenvalue weighted by molar-refractivity contribution is -0.146. The molecule has 1 N–H and O–H groups in total. The van der Waals surface area contributed by atoms with Gasteiger partial charge >= 0.3 is 12.1 Å². The largest absolute Gasteiger partial charge is 0.482 e. The van der Waals surface area contributed by atoms with Gasteiger partial charge in [0.25, 0.3) is 0 Å². The number of halogens is 1. The van der Waals surface area contributed by atoms with E-state index in [4.69, 9.17) is 30.5 Å². The van der Waals surface area contributed by atoms with E-state index in [-0.39, 0.29) is 13.3 Å². The Morgan fingerprint density at radius 2 is 1.37 bits per heavy atom. The SMILES string of the molecule is O=C(COc1ccc(Oc2ccc(Cl)cc2)cc1)OCNC(=O)Oc1ccccc1. The van der Waals surface area contributed by atoms with Crippen molar-refractivity contribution in [2.75, 3.05) is 13.3 Å². The predicted octanol–water partition coefficient (Wildman–Crippen LogP) is 4.80. The van der Waals surface area contributed by atoms with Gasteiger partial charge in [-0.2, -0.15) is 0 Å². The molecule has 0 aliphatic heterocycles. The molecule has 0 spiro atoms. The van der Waals surface area contributed by atoms with E-state index in [1.807, 2.05) is 0 Å². The fourth-order valence-corrected chi connectivity index (χ4v) is 2.36. The molecule has 0 bridgehead atoms. The fraction of sp³-hybridized carbons (Fsp3) is 0.0909. The highest BCUT2D eigenvalue weighted by Crippen LogP contribution is 2.25. The van der Waals surface area contributed by atoms with E-state index in [1.165, 1.54) is 0 Å². The summed E-state index contributed by atoms with van der Waals surface area (Å²) in [5, 5.41) is 2.94. The molecule has 0 unspecified atom stereocenters. The van der Waals surface area contributed by atoms with Crippen LogP contribution >= 0.6 is 11.6 Å². The first kappa shape index (κ1) is 21.0. The highest BCUT2D eigenvalue weighted by molar-refractivity contribution is 6.30. The zero-order valence-corrected chi connectivity index (χ0v) is 16.5. The Kier molecular flexibility index (Phi) is 7.51. The molecule has 0 saturated heterocycles. The van der Waals surface area contributed by atoms with Crippen LogP contribution < -0.4 is 19.5 Å². The van der Waals surface area contributed by atoms with Gasteiger partial charge in [0.05, 0.1) is 0 Å². The summed E-state index contributed by atoms with van der Waals surface area (Å²) >= 11 is 5.84. The molecule has 0 atom stereocenters. The molecular formula is C22H18ClNO6. The van der Waals surface area contributed by atoms with Crippen LogP contribution in [0, 0.1) is 0 Å². The van der Waals surface area contributed by atoms with E-state index in [1.54, 1.807) is 78.9 Å². The second-order valence-corrected chi connectivity index (χ2v) is 6.29. The first-order valence-corrected chi connectivity index (χ1v) is 9.29. The van der Waals surface area contributed by atoms with Crippen molar-refractivity contribution >= 4 is 23.7 Å². The van der Waals surface area contributed by atoms with Gasteiger partial charge in [0.15, 0.2) is 13.3 Å². The zero-order chi connectivity index (χ0) is 21.2. The van der Waals surface area contributed by atoms with E-state index < -0.39 is 12.1 Å². The first-order chi connectivity index (χ1) is 14.6. The summed E-state index contributed by atoms with van der Waals surface area (Å²) in [4.78, 5) is 23.3. The Bertz CT molecular complexity index is 961. The Hall–Kier alpha value is -3.71. The topological polar surface area (TPSA) is 83.1 Å². The average Bonchev–Trinajstić information content (AvgIpc) is 2.75. The molecule has 0 heterocycles. The lowest BCUT2D eigenvalue weighted by Gasteiger charge is -2.09. The Labute approximate surface area is 178 Å². The minimum atomic E-state index is -0.730. The van der Waals surface area contributed by atoms with Crippen LogP contribution in [0.5, 0.6) is 23.0 Å². The summed E-state index contributed by atoms with van der Waals surface area (Å²) in [5.74, 6) is 1.46. The molecule has 3 aromatic carbocycles. The third kappa shape index (κ3) is 7.03. The number of hydrogen-bond donors (Lipinski definition) is 1. The summed E-state index contributed by atoms with van der Waals surface area (Å²) in [6.07, 6.45) is -0.730. The molecule has 3 rings (SSSR count). The standard InChI is InChI=1S/C22H18ClNO6/c23-16-6-8-19(9-7-16)29-20-12-10-17(11-13-20)27-14-21(25)28-15-24-22(26)30-18-4-2-1-3-5-18/h1-13H,14-15H2,(H,24,26). The predicted molar refractivity (Wildman–Crippen MR) is 110 cm³/mol. The molecule has 0 fully saturated rings. The number of carbonyl (C=O) groups excluding carboxylic acids is 2. The molecule has 7 nitrogen and oxygen atoms in total. The quantitative estimate of drug-likeness (QED) is 0.410. The van der Waals surface area contributed by atoms with Crippen molar-refractivity contribution in [1.82, 2.24) is 5.32 Å². The Morgan fingerprint density at radius 1 is 0.767 bits per heavy atom. The normalized spacial score (nSPS) is 10.0. The maximum atomic E-state index is 11.7. The number of amides is 1. The van der Waals surface area contributed by atoms with Gasteiger partial charge < -0.3 is 18.9 Å². The van der Waals surface area contributed by atoms with E-state index in [0.29, 0.717) is 28.0 Å². The van der Waals surface area contributed by atoms with Crippen molar-refractivity contribution in [3.05, 3.63) is 83.9 Å². The first-order valence-electron chi connectivity index (χ1n) is 8.91. The number of carbonyl (C=O) groups is 2. The van der Waals surface area contributed by atoms with Crippen LogP contribution in [0.1, 0.15) is 0 Å². The number of para-hydroxylation sites is 1. The fourth-order valence-electron chi connectivity index (χ4n) is 2.23. The molecule has 154 valence electrons. The van der Waals surface area contributed by atoms with Crippen molar-refractivity contribution in [1.29, 1.82) is 0 Å². The molecule has 30 heavy (non-hydrogen) atoms. The maximum absolute atomic E-state index is 11.7. The molecule has 8 heteroatoms. The van der Waals surface area contributed by atoms with E-state index in [0.717, 1.165) is 0 Å². The zero-order valence-electron chi connectivity index (χ0n) is 15.7. The minimum absolute atomic E-state index is 0.313. The number of hydrogen-bond acceptors (Lipinski definition) is 6. The van der Waals surface area contributed by atoms with Gasteiger partial charge in [0.1, 0.15) is 23.0 Å². The maximum Gasteiger partial charge on any atom is 0.415 e. The third-order valence-electron chi connectivity index (χ3n) is 3.63. The Balaban J connectivity index is 1.35. The number of esters is 1. The minimum Gasteiger partial charge on any atom is -0.482 e. The third-order valence-corrected chi connectivity index (χ3v) is 3.89. The molecule has 1 amide bonds. The highest BCUT2D eigenvalue weighted by atomic mass is 35.5. The van der Waals surface area contributed by atoms with Crippen molar-refractivity contribution in [3.63, 3.8) is 0 Å². The monoisotopic (exact) mass is 427 g/mol. The highest BCUT2D eigenvalue weighted by Gasteiger charge is 2.08. The van der Waals surface area contributed by atoms with Gasteiger partial charge in [-0.25, -0.2) is 9.59 Å². The molecule has 0 aromatic heterocycles. The van der Waals surface area contributed by atoms with Crippen molar-refractivity contribution < 1.29 is 28.5 Å². The number of ether oxygens (including phenoxy) is 4. The van der Waals surface area contributed by atoms with Crippen LogP contribution in [-0.4, -0.2) is 25.4 Å². The van der Waals surface area contributed by atoms with Gasteiger partial charge in [-0.05, 0) is 60.7 Å². The molecule has 0 aliphatic carbocycles. The van der Waals surface area contributed by atoms with Gasteiger partial charge in [0, 0.05) is 5.02 Å². The van der Waals surface area contributed by atoms with Crippen molar-refractivity contribution in [2.45, 2.75) is 0 Å². The summed E-state index contributed by atoms with van der Waals surface area (Å²) < 4.78 is 20.9. The average molecular weight is 428 g/mol. The molecule has 0 aliphatic rings. The summed E-state index contributed by atoms with van der Waals surface area (Å²) in [6.45, 7) is -0.644. The van der Waals surface area contributed by atoms with Gasteiger partial charge in [-0.1, -0.05) is 29.8 Å². The summed E-state index contributed by atoms with van der Waals surface area (Å²) in [6, 6.07) is 22.2. The lowest BCUT2D eigenvalue weighted by Crippen LogP contribution is -2.31. The van der Waals surface area contributed by atoms with Crippen LogP contribution in [0.25, 0.3) is 0 Å². The Morgan fingerprint density at radius 3 is 2.03 bits per heavy atom. The smallest absolute Gasteiger partial charge is 0.415 e. The molecular weight excluding hydrogens is 410 g/mol. The summed E-state index contributed by atoms with van der Waals surface area (Å²) in [5.41, 5.74) is 0. The van der Waals surface area contributed by atoms with Crippen molar-refractivity contribution in [2.24, 2.45) is 0 Å². The number of rotatable bonds is 8. The van der Waals surface area contributed by atoms with Gasteiger partial charge in [-0.3, -0.25) is 5.32 Å². The van der Waals surface area contributed by atoms with Crippen LogP contribution in [0.3, 0.4) is 0 Å². The van der Waals surface area contributed by atoms with Gasteiger partial charge in [-0.15, -0.1) is 0 Å². The molecule has 0 saturated carbocycles. The van der Waals surface area contributed by atoms with E-state index in [2.05, 4.69) is 5.32 Å². The second kappa shape index (κ2) is 10.7. The van der Waals surface area contributed by atoms with Crippen LogP contribution in [0.4, 0.5) is 4.79 Å². The number of benzene rings is 3. The van der Waals surface area contributed by atoms with Crippen molar-refractivity contribution in [3.8, 4) is 23.0 Å². The van der Waals surface area contributed by atoms with Crippen LogP contribution in [0.2, 0.25) is 5.02 Å².